The minimum absolute atomic E-state index is 0.00245. The molecule has 0 spiro atoms. The molecular weight excluding hydrogens is 440 g/mol. The van der Waals surface area contributed by atoms with Crippen LogP contribution in [0.2, 0.25) is 0 Å². The van der Waals surface area contributed by atoms with Gasteiger partial charge in [-0.3, -0.25) is 24.0 Å². The highest BCUT2D eigenvalue weighted by atomic mass is 16.3. The summed E-state index contributed by atoms with van der Waals surface area (Å²) in [5, 5.41) is 22.3. The molecule has 0 saturated heterocycles. The van der Waals surface area contributed by atoms with Crippen molar-refractivity contribution in [2.24, 2.45) is 47.0 Å². The van der Waals surface area contributed by atoms with Crippen molar-refractivity contribution in [2.45, 2.75) is 52.2 Å². The molecule has 2 fully saturated rings. The molecule has 1 aromatic rings. The predicted molar refractivity (Wildman–Crippen MR) is 119 cm³/mol. The lowest BCUT2D eigenvalue weighted by atomic mass is 9.49. The number of Topliss-reactive ketones (excluding diaryl/α,β-unsaturated/α-hetero) is 4. The van der Waals surface area contributed by atoms with E-state index in [0.717, 1.165) is 5.56 Å². The molecular formula is C25H30N2O7. The molecule has 0 bridgehead atoms. The number of aliphatic hydroxyl groups is 1. The van der Waals surface area contributed by atoms with E-state index in [2.05, 4.69) is 0 Å². The molecule has 3 aliphatic carbocycles. The summed E-state index contributed by atoms with van der Waals surface area (Å²) in [6.07, 6.45) is 0.929. The molecule has 6 N–H and O–H groups in total. The van der Waals surface area contributed by atoms with E-state index in [1.54, 1.807) is 19.9 Å². The maximum Gasteiger partial charge on any atom is 0.235 e. The molecule has 9 heteroatoms. The smallest absolute Gasteiger partial charge is 0.235 e. The van der Waals surface area contributed by atoms with Gasteiger partial charge in [-0.25, -0.2) is 0 Å². The fourth-order valence-electron chi connectivity index (χ4n) is 6.53. The number of primary amides is 1. The number of benzene rings is 1. The Morgan fingerprint density at radius 1 is 1.18 bits per heavy atom. The molecule has 4 rings (SSSR count). The van der Waals surface area contributed by atoms with Crippen LogP contribution < -0.4 is 11.5 Å². The van der Waals surface area contributed by atoms with Crippen molar-refractivity contribution in [1.82, 2.24) is 0 Å². The lowest BCUT2D eigenvalue weighted by molar-refractivity contribution is -0.182. The third-order valence-corrected chi connectivity index (χ3v) is 8.08. The quantitative estimate of drug-likeness (QED) is 0.452. The summed E-state index contributed by atoms with van der Waals surface area (Å²) in [5.41, 5.74) is 10.2. The summed E-state index contributed by atoms with van der Waals surface area (Å²) in [7, 11) is 0. The summed E-state index contributed by atoms with van der Waals surface area (Å²) in [4.78, 5) is 65.7. The molecule has 2 unspecified atom stereocenters. The van der Waals surface area contributed by atoms with Gasteiger partial charge in [0.2, 0.25) is 5.91 Å². The molecule has 1 aromatic carbocycles. The van der Waals surface area contributed by atoms with Gasteiger partial charge in [0.25, 0.3) is 0 Å². The molecule has 2 saturated carbocycles. The lowest BCUT2D eigenvalue weighted by Crippen LogP contribution is -2.71. The van der Waals surface area contributed by atoms with Crippen LogP contribution in [-0.4, -0.2) is 44.9 Å². The Morgan fingerprint density at radius 3 is 2.35 bits per heavy atom. The van der Waals surface area contributed by atoms with Gasteiger partial charge in [-0.2, -0.15) is 0 Å². The van der Waals surface area contributed by atoms with Crippen molar-refractivity contribution < 1.29 is 34.2 Å². The standard InChI is InChI=1S/C25H30N2O7/c1-4-10-5-12(8-26)19(28)17-13(10)6-11-7-14-15(9(2)3)20(29)18(24(27)33)23(32)25(14,34)22(31)16(11)21(17)30/h5,9,11,14-16,18,28,34H,4,6-8,26H2,1-3H3,(H2,27,33)/t11-,14-,15-,16?,18?,25-/m0/s1. The van der Waals surface area contributed by atoms with Gasteiger partial charge in [-0.15, -0.1) is 0 Å². The van der Waals surface area contributed by atoms with Crippen LogP contribution in [0.3, 0.4) is 0 Å². The number of phenols is 1. The third-order valence-electron chi connectivity index (χ3n) is 8.08. The first kappa shape index (κ1) is 24.2. The van der Waals surface area contributed by atoms with Crippen LogP contribution in [0.4, 0.5) is 0 Å². The fourth-order valence-corrected chi connectivity index (χ4v) is 6.53. The molecule has 6 atom stereocenters. The van der Waals surface area contributed by atoms with Gasteiger partial charge in [0.05, 0.1) is 11.5 Å². The zero-order valence-corrected chi connectivity index (χ0v) is 19.5. The third kappa shape index (κ3) is 3.03. The highest BCUT2D eigenvalue weighted by Gasteiger charge is 2.69. The molecule has 1 amide bonds. The zero-order valence-electron chi connectivity index (χ0n) is 19.5. The Morgan fingerprint density at radius 2 is 1.82 bits per heavy atom. The Balaban J connectivity index is 1.90. The highest BCUT2D eigenvalue weighted by molar-refractivity contribution is 6.31. The largest absolute Gasteiger partial charge is 0.507 e. The van der Waals surface area contributed by atoms with Gasteiger partial charge in [0, 0.05) is 23.9 Å². The van der Waals surface area contributed by atoms with Crippen LogP contribution in [0.5, 0.6) is 5.75 Å². The van der Waals surface area contributed by atoms with Crippen LogP contribution in [-0.2, 0) is 38.6 Å². The minimum Gasteiger partial charge on any atom is -0.507 e. The van der Waals surface area contributed by atoms with Crippen LogP contribution in [0, 0.1) is 35.5 Å². The number of amides is 1. The molecule has 0 aromatic heterocycles. The van der Waals surface area contributed by atoms with Crippen molar-refractivity contribution in [3.63, 3.8) is 0 Å². The van der Waals surface area contributed by atoms with Crippen LogP contribution >= 0.6 is 0 Å². The first-order valence-corrected chi connectivity index (χ1v) is 11.7. The van der Waals surface area contributed by atoms with E-state index in [1.165, 1.54) is 0 Å². The van der Waals surface area contributed by atoms with Gasteiger partial charge in [0.15, 0.2) is 34.7 Å². The van der Waals surface area contributed by atoms with Crippen LogP contribution in [0.25, 0.3) is 0 Å². The first-order chi connectivity index (χ1) is 15.9. The number of ketones is 4. The number of phenolic OH excluding ortho intramolecular Hbond substituents is 1. The second-order valence-electron chi connectivity index (χ2n) is 10.1. The van der Waals surface area contributed by atoms with Crippen molar-refractivity contribution >= 4 is 29.0 Å². The number of carbonyl (C=O) groups excluding carboxylic acids is 5. The lowest BCUT2D eigenvalue weighted by Gasteiger charge is -2.52. The maximum absolute atomic E-state index is 13.7. The highest BCUT2D eigenvalue weighted by Crippen LogP contribution is 2.53. The Bertz CT molecular complexity index is 1140. The van der Waals surface area contributed by atoms with E-state index in [9.17, 15) is 34.2 Å². The van der Waals surface area contributed by atoms with Crippen molar-refractivity contribution in [2.75, 3.05) is 0 Å². The van der Waals surface area contributed by atoms with Crippen LogP contribution in [0.15, 0.2) is 6.07 Å². The van der Waals surface area contributed by atoms with E-state index in [0.29, 0.717) is 17.5 Å². The van der Waals surface area contributed by atoms with E-state index < -0.39 is 64.2 Å². The summed E-state index contributed by atoms with van der Waals surface area (Å²) in [5.74, 6) is -11.4. The number of hydrogen-bond acceptors (Lipinski definition) is 8. The number of fused-ring (bicyclic) bond motifs is 3. The molecule has 34 heavy (non-hydrogen) atoms. The zero-order chi connectivity index (χ0) is 25.3. The summed E-state index contributed by atoms with van der Waals surface area (Å²) < 4.78 is 0. The van der Waals surface area contributed by atoms with E-state index in [4.69, 9.17) is 11.5 Å². The second kappa shape index (κ2) is 8.09. The molecule has 0 aliphatic heterocycles. The number of rotatable bonds is 4. The number of hydrogen-bond donors (Lipinski definition) is 4. The van der Waals surface area contributed by atoms with E-state index >= 15 is 0 Å². The SMILES string of the molecule is CCc1cc(CN)c(O)c2c1C[C@H]1C[C@H]3[C@H](C(C)C)C(=O)C(C(N)=O)C(=O)[C@@]3(O)C(=O)C1C2=O. The number of aromatic hydroxyl groups is 1. The average molecular weight is 471 g/mol. The van der Waals surface area contributed by atoms with Gasteiger partial charge in [-0.05, 0) is 42.2 Å². The van der Waals surface area contributed by atoms with Crippen molar-refractivity contribution in [3.8, 4) is 5.75 Å². The Labute approximate surface area is 196 Å². The monoisotopic (exact) mass is 470 g/mol. The van der Waals surface area contributed by atoms with Crippen molar-refractivity contribution in [1.29, 1.82) is 0 Å². The Hall–Kier alpha value is -2.91. The number of aryl methyl sites for hydroxylation is 1. The normalized spacial score (nSPS) is 32.9. The summed E-state index contributed by atoms with van der Waals surface area (Å²) in [6, 6.07) is 1.75. The van der Waals surface area contributed by atoms with Crippen LogP contribution in [0.1, 0.15) is 54.2 Å². The second-order valence-corrected chi connectivity index (χ2v) is 10.1. The van der Waals surface area contributed by atoms with Gasteiger partial charge < -0.3 is 21.7 Å². The van der Waals surface area contributed by atoms with E-state index in [1.807, 2.05) is 6.92 Å². The number of nitrogens with two attached hydrogens (primary N) is 2. The number of carbonyl (C=O) groups is 5. The molecule has 9 nitrogen and oxygen atoms in total. The van der Waals surface area contributed by atoms with Gasteiger partial charge >= 0.3 is 0 Å². The molecule has 0 radical (unpaired) electrons. The molecule has 182 valence electrons. The molecule has 3 aliphatic rings. The first-order valence-electron chi connectivity index (χ1n) is 11.7. The summed E-state index contributed by atoms with van der Waals surface area (Å²) >= 11 is 0. The topological polar surface area (TPSA) is 178 Å². The van der Waals surface area contributed by atoms with Crippen molar-refractivity contribution in [3.05, 3.63) is 28.3 Å². The summed E-state index contributed by atoms with van der Waals surface area (Å²) in [6.45, 7) is 5.34. The Kier molecular flexibility index (Phi) is 5.77. The predicted octanol–water partition coefficient (Wildman–Crippen LogP) is 0.230. The van der Waals surface area contributed by atoms with E-state index in [-0.39, 0.29) is 36.6 Å². The minimum atomic E-state index is -2.68. The fraction of sp³-hybridized carbons (Fsp3) is 0.560. The average Bonchev–Trinajstić information content (AvgIpc) is 2.76. The molecule has 0 heterocycles. The maximum atomic E-state index is 13.7. The van der Waals surface area contributed by atoms with Gasteiger partial charge in [0.1, 0.15) is 5.75 Å². The van der Waals surface area contributed by atoms with Gasteiger partial charge in [-0.1, -0.05) is 26.8 Å².